The molecule has 5 heteroatoms. The number of hydrogen-bond donors (Lipinski definition) is 2. The molecule has 0 saturated heterocycles. The van der Waals surface area contributed by atoms with E-state index < -0.39 is 23.6 Å². The molecule has 1 aromatic rings. The molecule has 1 rings (SSSR count). The molecule has 0 aromatic heterocycles. The molecule has 0 heterocycles. The number of amides is 1. The minimum atomic E-state index is -0.771. The van der Waals surface area contributed by atoms with Crippen LogP contribution in [0, 0.1) is 24.5 Å². The Labute approximate surface area is 105 Å². The number of carbonyl (C=O) groups is 1. The van der Waals surface area contributed by atoms with Gasteiger partial charge in [-0.05, 0) is 30.5 Å². The Kier molecular flexibility index (Phi) is 4.78. The maximum Gasteiger partial charge on any atom is 0.254 e. The van der Waals surface area contributed by atoms with Crippen LogP contribution in [0.25, 0.3) is 0 Å². The van der Waals surface area contributed by atoms with Crippen molar-refractivity contribution in [2.24, 2.45) is 5.92 Å². The van der Waals surface area contributed by atoms with E-state index in [4.69, 9.17) is 5.11 Å². The molecule has 0 unspecified atom stereocenters. The molecule has 3 nitrogen and oxygen atoms in total. The molecule has 0 spiro atoms. The van der Waals surface area contributed by atoms with E-state index in [2.05, 4.69) is 5.32 Å². The van der Waals surface area contributed by atoms with Crippen LogP contribution < -0.4 is 5.32 Å². The molecule has 0 bridgehead atoms. The van der Waals surface area contributed by atoms with Crippen molar-refractivity contribution in [3.05, 3.63) is 34.9 Å². The van der Waals surface area contributed by atoms with Gasteiger partial charge in [-0.15, -0.1) is 0 Å². The number of halogens is 2. The Balaban J connectivity index is 2.94. The lowest BCUT2D eigenvalue weighted by Gasteiger charge is -2.20. The fraction of sp³-hybridized carbons (Fsp3) is 0.462. The number of benzene rings is 1. The van der Waals surface area contributed by atoms with E-state index in [1.54, 1.807) is 0 Å². The summed E-state index contributed by atoms with van der Waals surface area (Å²) >= 11 is 0. The SMILES string of the molecule is Cc1cc(F)c(C(=O)N[C@H](CO)C(C)C)cc1F. The highest BCUT2D eigenvalue weighted by molar-refractivity contribution is 5.94. The largest absolute Gasteiger partial charge is 0.394 e. The van der Waals surface area contributed by atoms with Crippen molar-refractivity contribution in [1.82, 2.24) is 5.32 Å². The van der Waals surface area contributed by atoms with Crippen molar-refractivity contribution < 1.29 is 18.7 Å². The summed E-state index contributed by atoms with van der Waals surface area (Å²) in [6.07, 6.45) is 0. The number of rotatable bonds is 4. The molecule has 2 N–H and O–H groups in total. The average molecular weight is 257 g/mol. The predicted octanol–water partition coefficient (Wildman–Crippen LogP) is 2.02. The normalized spacial score (nSPS) is 12.6. The fourth-order valence-corrected chi connectivity index (χ4v) is 1.49. The Hall–Kier alpha value is -1.49. The first-order chi connectivity index (χ1) is 8.36. The summed E-state index contributed by atoms with van der Waals surface area (Å²) in [6, 6.07) is 1.36. The lowest BCUT2D eigenvalue weighted by atomic mass is 10.0. The van der Waals surface area contributed by atoms with Gasteiger partial charge in [-0.2, -0.15) is 0 Å². The average Bonchev–Trinajstić information content (AvgIpc) is 2.29. The molecular weight excluding hydrogens is 240 g/mol. The monoisotopic (exact) mass is 257 g/mol. The van der Waals surface area contributed by atoms with E-state index in [-0.39, 0.29) is 23.7 Å². The smallest absolute Gasteiger partial charge is 0.254 e. The van der Waals surface area contributed by atoms with Crippen molar-refractivity contribution >= 4 is 5.91 Å². The second-order valence-electron chi connectivity index (χ2n) is 4.59. The van der Waals surface area contributed by atoms with Gasteiger partial charge in [0.1, 0.15) is 11.6 Å². The van der Waals surface area contributed by atoms with Crippen LogP contribution in [-0.4, -0.2) is 23.7 Å². The number of nitrogens with one attached hydrogen (secondary N) is 1. The fourth-order valence-electron chi connectivity index (χ4n) is 1.49. The molecule has 0 aliphatic heterocycles. The molecule has 1 aromatic carbocycles. The highest BCUT2D eigenvalue weighted by atomic mass is 19.1. The van der Waals surface area contributed by atoms with Crippen molar-refractivity contribution in [2.45, 2.75) is 26.8 Å². The summed E-state index contributed by atoms with van der Waals surface area (Å²) in [6.45, 7) is 4.80. The van der Waals surface area contributed by atoms with Gasteiger partial charge in [0.15, 0.2) is 0 Å². The summed E-state index contributed by atoms with van der Waals surface area (Å²) in [5.41, 5.74) is -0.205. The Morgan fingerprint density at radius 1 is 1.33 bits per heavy atom. The second-order valence-corrected chi connectivity index (χ2v) is 4.59. The van der Waals surface area contributed by atoms with E-state index in [1.165, 1.54) is 6.92 Å². The van der Waals surface area contributed by atoms with Crippen LogP contribution >= 0.6 is 0 Å². The summed E-state index contributed by atoms with van der Waals surface area (Å²) < 4.78 is 26.8. The summed E-state index contributed by atoms with van der Waals surface area (Å²) in [5, 5.41) is 11.6. The van der Waals surface area contributed by atoms with Gasteiger partial charge >= 0.3 is 0 Å². The lowest BCUT2D eigenvalue weighted by molar-refractivity contribution is 0.0892. The zero-order chi connectivity index (χ0) is 13.9. The van der Waals surface area contributed by atoms with Gasteiger partial charge in [-0.3, -0.25) is 4.79 Å². The molecule has 0 fully saturated rings. The maximum absolute atomic E-state index is 13.5. The number of carbonyl (C=O) groups excluding carboxylic acids is 1. The third-order valence-corrected chi connectivity index (χ3v) is 2.81. The Morgan fingerprint density at radius 3 is 2.44 bits per heavy atom. The zero-order valence-electron chi connectivity index (χ0n) is 10.6. The highest BCUT2D eigenvalue weighted by Crippen LogP contribution is 2.14. The van der Waals surface area contributed by atoms with Gasteiger partial charge in [0.2, 0.25) is 0 Å². The predicted molar refractivity (Wildman–Crippen MR) is 64.3 cm³/mol. The molecule has 0 aliphatic carbocycles. The lowest BCUT2D eigenvalue weighted by Crippen LogP contribution is -2.41. The molecule has 0 saturated carbocycles. The third kappa shape index (κ3) is 3.26. The number of aryl methyl sites for hydroxylation is 1. The number of aliphatic hydroxyl groups is 1. The van der Waals surface area contributed by atoms with E-state index >= 15 is 0 Å². The minimum Gasteiger partial charge on any atom is -0.394 e. The van der Waals surface area contributed by atoms with E-state index in [1.807, 2.05) is 13.8 Å². The molecule has 100 valence electrons. The van der Waals surface area contributed by atoms with Crippen molar-refractivity contribution in [2.75, 3.05) is 6.61 Å². The Morgan fingerprint density at radius 2 is 1.94 bits per heavy atom. The molecule has 0 radical (unpaired) electrons. The Bertz CT molecular complexity index is 447. The standard InChI is InChI=1S/C13H17F2NO2/c1-7(2)12(6-17)16-13(18)9-5-10(14)8(3)4-11(9)15/h4-5,7,12,17H,6H2,1-3H3,(H,16,18)/t12-/m1/s1. The van der Waals surface area contributed by atoms with Crippen LogP contribution in [0.1, 0.15) is 29.8 Å². The van der Waals surface area contributed by atoms with Crippen molar-refractivity contribution in [3.8, 4) is 0 Å². The first-order valence-corrected chi connectivity index (χ1v) is 5.74. The maximum atomic E-state index is 13.5. The van der Waals surface area contributed by atoms with Gasteiger partial charge in [0, 0.05) is 0 Å². The third-order valence-electron chi connectivity index (χ3n) is 2.81. The van der Waals surface area contributed by atoms with E-state index in [0.29, 0.717) is 0 Å². The topological polar surface area (TPSA) is 49.3 Å². The molecular formula is C13H17F2NO2. The van der Waals surface area contributed by atoms with Crippen LogP contribution in [0.15, 0.2) is 12.1 Å². The zero-order valence-corrected chi connectivity index (χ0v) is 10.6. The van der Waals surface area contributed by atoms with Gasteiger partial charge in [0.05, 0.1) is 18.2 Å². The molecule has 0 aliphatic rings. The molecule has 1 amide bonds. The van der Waals surface area contributed by atoms with Crippen molar-refractivity contribution in [1.29, 1.82) is 0 Å². The van der Waals surface area contributed by atoms with E-state index in [9.17, 15) is 13.6 Å². The van der Waals surface area contributed by atoms with Gasteiger partial charge in [-0.1, -0.05) is 13.8 Å². The van der Waals surface area contributed by atoms with Crippen molar-refractivity contribution in [3.63, 3.8) is 0 Å². The van der Waals surface area contributed by atoms with Crippen LogP contribution in [0.4, 0.5) is 8.78 Å². The van der Waals surface area contributed by atoms with Gasteiger partial charge in [-0.25, -0.2) is 8.78 Å². The van der Waals surface area contributed by atoms with E-state index in [0.717, 1.165) is 12.1 Å². The van der Waals surface area contributed by atoms with Crippen LogP contribution in [0.3, 0.4) is 0 Å². The summed E-state index contributed by atoms with van der Waals surface area (Å²) in [5.74, 6) is -2.13. The molecule has 18 heavy (non-hydrogen) atoms. The quantitative estimate of drug-likeness (QED) is 0.867. The van der Waals surface area contributed by atoms with Gasteiger partial charge in [0.25, 0.3) is 5.91 Å². The van der Waals surface area contributed by atoms with Gasteiger partial charge < -0.3 is 10.4 Å². The summed E-state index contributed by atoms with van der Waals surface area (Å²) in [4.78, 5) is 11.8. The molecule has 1 atom stereocenters. The first-order valence-electron chi connectivity index (χ1n) is 5.74. The second kappa shape index (κ2) is 5.91. The van der Waals surface area contributed by atoms with Crippen LogP contribution in [-0.2, 0) is 0 Å². The summed E-state index contributed by atoms with van der Waals surface area (Å²) in [7, 11) is 0. The van der Waals surface area contributed by atoms with Crippen LogP contribution in [0.5, 0.6) is 0 Å². The number of hydrogen-bond acceptors (Lipinski definition) is 2. The first kappa shape index (κ1) is 14.6. The highest BCUT2D eigenvalue weighted by Gasteiger charge is 2.19. The van der Waals surface area contributed by atoms with Crippen LogP contribution in [0.2, 0.25) is 0 Å². The minimum absolute atomic E-state index is 0.00249. The number of aliphatic hydroxyl groups excluding tert-OH is 1.